The number of hydrogen-bond donors (Lipinski definition) is 3. The van der Waals surface area contributed by atoms with Gasteiger partial charge in [-0.25, -0.2) is 9.59 Å². The number of hydrogen-bond acceptors (Lipinski definition) is 4. The Balaban J connectivity index is 2.33. The van der Waals surface area contributed by atoms with Gasteiger partial charge >= 0.3 is 12.0 Å². The van der Waals surface area contributed by atoms with Crippen LogP contribution in [0.15, 0.2) is 12.2 Å². The molecule has 2 amide bonds. The van der Waals surface area contributed by atoms with Crippen molar-refractivity contribution in [2.24, 2.45) is 0 Å². The van der Waals surface area contributed by atoms with Crippen LogP contribution in [0.2, 0.25) is 0 Å². The van der Waals surface area contributed by atoms with Crippen LogP contribution >= 0.6 is 0 Å². The molecule has 0 aliphatic carbocycles. The lowest BCUT2D eigenvalue weighted by Crippen LogP contribution is -2.62. The summed E-state index contributed by atoms with van der Waals surface area (Å²) in [7, 11) is 0. The number of carbonyl (C=O) groups is 2. The first kappa shape index (κ1) is 18.5. The molecule has 0 spiro atoms. The second-order valence-electron chi connectivity index (χ2n) is 7.31. The van der Waals surface area contributed by atoms with Gasteiger partial charge in [-0.2, -0.15) is 0 Å². The van der Waals surface area contributed by atoms with Gasteiger partial charge in [-0.05, 0) is 47.5 Å². The van der Waals surface area contributed by atoms with Gasteiger partial charge in [0, 0.05) is 22.7 Å². The van der Waals surface area contributed by atoms with Crippen molar-refractivity contribution in [3.63, 3.8) is 0 Å². The van der Waals surface area contributed by atoms with Crippen molar-refractivity contribution in [3.05, 3.63) is 12.2 Å². The van der Waals surface area contributed by atoms with Crippen LogP contribution in [-0.4, -0.2) is 42.3 Å². The standard InChI is InChI=1S/C16H29N3O3/c1-11(2)13(20)22-8-7-17-14(21)18-12-9-15(3,4)19-16(5,6)10-12/h12,19H,1,7-10H2,2-6H3,(H2,17,18,21). The normalized spacial score (nSPS) is 20.0. The molecule has 0 radical (unpaired) electrons. The van der Waals surface area contributed by atoms with Gasteiger partial charge in [0.1, 0.15) is 6.61 Å². The molecule has 0 atom stereocenters. The van der Waals surface area contributed by atoms with Gasteiger partial charge in [-0.15, -0.1) is 0 Å². The summed E-state index contributed by atoms with van der Waals surface area (Å²) in [6.07, 6.45) is 1.74. The number of nitrogens with one attached hydrogen (secondary N) is 3. The van der Waals surface area contributed by atoms with Crippen molar-refractivity contribution in [1.82, 2.24) is 16.0 Å². The Morgan fingerprint density at radius 1 is 1.23 bits per heavy atom. The molecule has 1 aliphatic rings. The lowest BCUT2D eigenvalue weighted by molar-refractivity contribution is -0.138. The zero-order valence-corrected chi connectivity index (χ0v) is 14.3. The van der Waals surface area contributed by atoms with Crippen LogP contribution < -0.4 is 16.0 Å². The Morgan fingerprint density at radius 2 is 1.77 bits per heavy atom. The number of ether oxygens (including phenoxy) is 1. The van der Waals surface area contributed by atoms with Crippen molar-refractivity contribution in [2.45, 2.75) is 64.6 Å². The topological polar surface area (TPSA) is 79.5 Å². The van der Waals surface area contributed by atoms with Crippen molar-refractivity contribution < 1.29 is 14.3 Å². The summed E-state index contributed by atoms with van der Waals surface area (Å²) in [6, 6.07) is -0.117. The first-order valence-electron chi connectivity index (χ1n) is 7.67. The van der Waals surface area contributed by atoms with Crippen molar-refractivity contribution >= 4 is 12.0 Å². The van der Waals surface area contributed by atoms with Gasteiger partial charge in [0.25, 0.3) is 0 Å². The molecule has 1 heterocycles. The molecule has 126 valence electrons. The summed E-state index contributed by atoms with van der Waals surface area (Å²) in [5.74, 6) is -0.441. The average molecular weight is 311 g/mol. The molecule has 0 aromatic heterocycles. The summed E-state index contributed by atoms with van der Waals surface area (Å²) in [5.41, 5.74) is 0.316. The highest BCUT2D eigenvalue weighted by Crippen LogP contribution is 2.28. The fraction of sp³-hybridized carbons (Fsp3) is 0.750. The number of amides is 2. The molecule has 1 rings (SSSR count). The van der Waals surface area contributed by atoms with Gasteiger partial charge in [-0.1, -0.05) is 6.58 Å². The third-order valence-electron chi connectivity index (χ3n) is 3.49. The second-order valence-corrected chi connectivity index (χ2v) is 7.31. The third kappa shape index (κ3) is 6.47. The monoisotopic (exact) mass is 311 g/mol. The molecule has 3 N–H and O–H groups in total. The van der Waals surface area contributed by atoms with E-state index >= 15 is 0 Å². The van der Waals surface area contributed by atoms with Gasteiger partial charge in [0.15, 0.2) is 0 Å². The zero-order valence-electron chi connectivity index (χ0n) is 14.3. The van der Waals surface area contributed by atoms with Crippen LogP contribution in [0.1, 0.15) is 47.5 Å². The van der Waals surface area contributed by atoms with E-state index in [4.69, 9.17) is 4.74 Å². The molecule has 1 aliphatic heterocycles. The zero-order chi connectivity index (χ0) is 17.0. The lowest BCUT2D eigenvalue weighted by Gasteiger charge is -2.46. The fourth-order valence-corrected chi connectivity index (χ4v) is 3.09. The first-order chi connectivity index (χ1) is 10.0. The lowest BCUT2D eigenvalue weighted by atomic mass is 9.80. The van der Waals surface area contributed by atoms with Crippen LogP contribution in [0.25, 0.3) is 0 Å². The van der Waals surface area contributed by atoms with E-state index < -0.39 is 5.97 Å². The molecule has 22 heavy (non-hydrogen) atoms. The van der Waals surface area contributed by atoms with E-state index in [1.165, 1.54) is 0 Å². The molecule has 1 fully saturated rings. The number of urea groups is 1. The molecule has 0 aromatic rings. The SMILES string of the molecule is C=C(C)C(=O)OCCNC(=O)NC1CC(C)(C)NC(C)(C)C1. The predicted octanol–water partition coefficient (Wildman–Crippen LogP) is 1.71. The molecule has 1 saturated heterocycles. The number of esters is 1. The molecule has 0 unspecified atom stereocenters. The Labute approximate surface area is 133 Å². The van der Waals surface area contributed by atoms with Gasteiger partial charge in [0.05, 0.1) is 6.54 Å². The Morgan fingerprint density at radius 3 is 2.27 bits per heavy atom. The van der Waals surface area contributed by atoms with E-state index in [1.54, 1.807) is 6.92 Å². The smallest absolute Gasteiger partial charge is 0.333 e. The molecule has 0 bridgehead atoms. The maximum Gasteiger partial charge on any atom is 0.333 e. The van der Waals surface area contributed by atoms with E-state index in [-0.39, 0.29) is 36.3 Å². The summed E-state index contributed by atoms with van der Waals surface area (Å²) in [6.45, 7) is 14.0. The molecule has 0 saturated carbocycles. The Kier molecular flexibility index (Phi) is 6.00. The van der Waals surface area contributed by atoms with E-state index in [9.17, 15) is 9.59 Å². The minimum Gasteiger partial charge on any atom is -0.460 e. The summed E-state index contributed by atoms with van der Waals surface area (Å²) < 4.78 is 4.92. The molecule has 6 nitrogen and oxygen atoms in total. The first-order valence-corrected chi connectivity index (χ1v) is 7.67. The van der Waals surface area contributed by atoms with Gasteiger partial charge in [0.2, 0.25) is 0 Å². The van der Waals surface area contributed by atoms with E-state index in [0.29, 0.717) is 5.57 Å². The molecular formula is C16H29N3O3. The van der Waals surface area contributed by atoms with Crippen LogP contribution in [0.3, 0.4) is 0 Å². The van der Waals surface area contributed by atoms with Crippen molar-refractivity contribution in [3.8, 4) is 0 Å². The van der Waals surface area contributed by atoms with Gasteiger partial charge in [-0.3, -0.25) is 0 Å². The quantitative estimate of drug-likeness (QED) is 0.410. The molecular weight excluding hydrogens is 282 g/mol. The highest BCUT2D eigenvalue weighted by atomic mass is 16.5. The molecule has 0 aromatic carbocycles. The van der Waals surface area contributed by atoms with Crippen LogP contribution in [0.5, 0.6) is 0 Å². The highest BCUT2D eigenvalue weighted by Gasteiger charge is 2.38. The van der Waals surface area contributed by atoms with Gasteiger partial charge < -0.3 is 20.7 Å². The largest absolute Gasteiger partial charge is 0.460 e. The third-order valence-corrected chi connectivity index (χ3v) is 3.49. The van der Waals surface area contributed by atoms with Crippen LogP contribution in [-0.2, 0) is 9.53 Å². The summed E-state index contributed by atoms with van der Waals surface area (Å²) in [5, 5.41) is 9.27. The van der Waals surface area contributed by atoms with E-state index in [2.05, 4.69) is 50.2 Å². The molecule has 6 heteroatoms. The fourth-order valence-electron chi connectivity index (χ4n) is 3.09. The minimum absolute atomic E-state index is 0.0171. The second kappa shape index (κ2) is 7.13. The van der Waals surface area contributed by atoms with Crippen LogP contribution in [0, 0.1) is 0 Å². The average Bonchev–Trinajstić information content (AvgIpc) is 2.29. The summed E-state index contributed by atoms with van der Waals surface area (Å²) >= 11 is 0. The maximum absolute atomic E-state index is 11.9. The Bertz CT molecular complexity index is 428. The number of rotatable bonds is 5. The summed E-state index contributed by atoms with van der Waals surface area (Å²) in [4.78, 5) is 23.1. The predicted molar refractivity (Wildman–Crippen MR) is 86.6 cm³/mol. The number of carbonyl (C=O) groups excluding carboxylic acids is 2. The highest BCUT2D eigenvalue weighted by molar-refractivity contribution is 5.86. The maximum atomic E-state index is 11.9. The van der Waals surface area contributed by atoms with Crippen molar-refractivity contribution in [2.75, 3.05) is 13.2 Å². The minimum atomic E-state index is -0.441. The number of piperidine rings is 1. The Hall–Kier alpha value is -1.56. The van der Waals surface area contributed by atoms with Crippen molar-refractivity contribution in [1.29, 1.82) is 0 Å². The van der Waals surface area contributed by atoms with E-state index in [0.717, 1.165) is 12.8 Å². The van der Waals surface area contributed by atoms with E-state index in [1.807, 2.05) is 0 Å². The van der Waals surface area contributed by atoms with Crippen LogP contribution in [0.4, 0.5) is 4.79 Å².